The Balaban J connectivity index is 2.00. The monoisotopic (exact) mass is 384 g/mol. The maximum atomic E-state index is 13.1. The minimum atomic E-state index is -4.88. The van der Waals surface area contributed by atoms with Crippen molar-refractivity contribution in [1.29, 1.82) is 0 Å². The van der Waals surface area contributed by atoms with Crippen LogP contribution in [0.1, 0.15) is 11.1 Å². The van der Waals surface area contributed by atoms with Crippen molar-refractivity contribution in [3.8, 4) is 17.2 Å². The van der Waals surface area contributed by atoms with Gasteiger partial charge in [0, 0.05) is 11.6 Å². The molecule has 136 valence electrons. The Labute approximate surface area is 151 Å². The maximum Gasteiger partial charge on any atom is 0.430 e. The first-order valence-corrected chi connectivity index (χ1v) is 7.79. The molecule has 0 unspecified atom stereocenters. The highest BCUT2D eigenvalue weighted by Gasteiger charge is 2.48. The lowest BCUT2D eigenvalue weighted by Crippen LogP contribution is -2.40. The van der Waals surface area contributed by atoms with E-state index < -0.39 is 23.8 Å². The molecule has 1 aliphatic rings. The second-order valence-electron chi connectivity index (χ2n) is 5.68. The number of rotatable bonds is 3. The molecule has 0 radical (unpaired) electrons. The van der Waals surface area contributed by atoms with Crippen molar-refractivity contribution >= 4 is 23.6 Å². The first-order valence-electron chi connectivity index (χ1n) is 7.41. The van der Waals surface area contributed by atoms with Crippen LogP contribution in [0.2, 0.25) is 5.02 Å². The fourth-order valence-corrected chi connectivity index (χ4v) is 2.64. The SMILES string of the molecule is Cc1ccc(Oc2cc3c(cc2Cl)C=C(C(=O)O)[C@@H](C(F)(F)F)O3)cc1. The summed E-state index contributed by atoms with van der Waals surface area (Å²) in [5.41, 5.74) is 0.231. The van der Waals surface area contributed by atoms with Crippen molar-refractivity contribution in [3.63, 3.8) is 0 Å². The average molecular weight is 385 g/mol. The molecule has 0 aliphatic carbocycles. The van der Waals surface area contributed by atoms with Gasteiger partial charge in [-0.3, -0.25) is 0 Å². The van der Waals surface area contributed by atoms with Gasteiger partial charge in [-0.15, -0.1) is 0 Å². The number of fused-ring (bicyclic) bond motifs is 1. The summed E-state index contributed by atoms with van der Waals surface area (Å²) in [5, 5.41) is 9.14. The minimum absolute atomic E-state index is 0.0994. The molecule has 1 heterocycles. The van der Waals surface area contributed by atoms with E-state index in [0.29, 0.717) is 5.75 Å². The second kappa shape index (κ2) is 6.57. The van der Waals surface area contributed by atoms with Gasteiger partial charge in [0.15, 0.2) is 0 Å². The Morgan fingerprint density at radius 3 is 2.46 bits per heavy atom. The van der Waals surface area contributed by atoms with Crippen LogP contribution in [0.4, 0.5) is 13.2 Å². The molecule has 1 atom stereocenters. The highest BCUT2D eigenvalue weighted by Crippen LogP contribution is 2.42. The average Bonchev–Trinajstić information content (AvgIpc) is 2.55. The van der Waals surface area contributed by atoms with E-state index in [4.69, 9.17) is 26.2 Å². The van der Waals surface area contributed by atoms with Crippen LogP contribution < -0.4 is 9.47 Å². The molecule has 1 N–H and O–H groups in total. The van der Waals surface area contributed by atoms with Gasteiger partial charge in [0.2, 0.25) is 6.10 Å². The molecule has 0 saturated heterocycles. The van der Waals surface area contributed by atoms with Gasteiger partial charge in [-0.1, -0.05) is 29.3 Å². The zero-order valence-corrected chi connectivity index (χ0v) is 14.1. The third-order valence-corrected chi connectivity index (χ3v) is 3.99. The van der Waals surface area contributed by atoms with Gasteiger partial charge in [-0.2, -0.15) is 13.2 Å². The number of alkyl halides is 3. The molecule has 3 rings (SSSR count). The van der Waals surface area contributed by atoms with Crippen molar-refractivity contribution in [2.75, 3.05) is 0 Å². The number of hydrogen-bond acceptors (Lipinski definition) is 3. The van der Waals surface area contributed by atoms with Crippen LogP contribution in [-0.4, -0.2) is 23.4 Å². The number of ether oxygens (including phenoxy) is 2. The van der Waals surface area contributed by atoms with E-state index in [1.165, 1.54) is 12.1 Å². The van der Waals surface area contributed by atoms with Gasteiger partial charge >= 0.3 is 12.1 Å². The smallest absolute Gasteiger partial charge is 0.430 e. The molecule has 1 aliphatic heterocycles. The van der Waals surface area contributed by atoms with Crippen LogP contribution in [0.5, 0.6) is 17.2 Å². The Hall–Kier alpha value is -2.67. The lowest BCUT2D eigenvalue weighted by molar-refractivity contribution is -0.187. The summed E-state index contributed by atoms with van der Waals surface area (Å²) < 4.78 is 49.9. The normalized spacial score (nSPS) is 16.3. The van der Waals surface area contributed by atoms with Crippen LogP contribution >= 0.6 is 11.6 Å². The lowest BCUT2D eigenvalue weighted by atomic mass is 10.0. The van der Waals surface area contributed by atoms with Crippen LogP contribution in [0.15, 0.2) is 42.0 Å². The molecule has 0 bridgehead atoms. The number of carboxylic acids is 1. The molecule has 2 aromatic rings. The van der Waals surface area contributed by atoms with Crippen LogP contribution in [-0.2, 0) is 4.79 Å². The summed E-state index contributed by atoms with van der Waals surface area (Å²) in [7, 11) is 0. The van der Waals surface area contributed by atoms with Gasteiger partial charge < -0.3 is 14.6 Å². The van der Waals surface area contributed by atoms with Crippen LogP contribution in [0.25, 0.3) is 6.08 Å². The maximum absolute atomic E-state index is 13.1. The van der Waals surface area contributed by atoms with Gasteiger partial charge in [0.25, 0.3) is 0 Å². The number of carboxylic acid groups (broad SMARTS) is 1. The highest BCUT2D eigenvalue weighted by molar-refractivity contribution is 6.32. The predicted molar refractivity (Wildman–Crippen MR) is 88.8 cm³/mol. The van der Waals surface area contributed by atoms with Crippen molar-refractivity contribution in [1.82, 2.24) is 0 Å². The van der Waals surface area contributed by atoms with Crippen molar-refractivity contribution < 1.29 is 32.5 Å². The van der Waals surface area contributed by atoms with E-state index in [1.807, 2.05) is 6.92 Å². The summed E-state index contributed by atoms with van der Waals surface area (Å²) in [6, 6.07) is 9.50. The van der Waals surface area contributed by atoms with E-state index >= 15 is 0 Å². The van der Waals surface area contributed by atoms with Gasteiger partial charge in [-0.05, 0) is 31.2 Å². The molecule has 0 saturated carbocycles. The van der Waals surface area contributed by atoms with E-state index in [2.05, 4.69) is 0 Å². The summed E-state index contributed by atoms with van der Waals surface area (Å²) in [6.07, 6.45) is -6.54. The molecule has 8 heteroatoms. The fraction of sp³-hybridized carbons (Fsp3) is 0.167. The summed E-state index contributed by atoms with van der Waals surface area (Å²) in [4.78, 5) is 11.1. The first-order chi connectivity index (χ1) is 12.1. The molecule has 2 aromatic carbocycles. The van der Waals surface area contributed by atoms with E-state index in [1.54, 1.807) is 24.3 Å². The van der Waals surface area contributed by atoms with Gasteiger partial charge in [-0.25, -0.2) is 4.79 Å². The summed E-state index contributed by atoms with van der Waals surface area (Å²) in [6.45, 7) is 1.90. The standard InChI is InChI=1S/C18H12ClF3O4/c1-9-2-4-11(5-3-9)25-15-8-14-10(7-13(15)19)6-12(17(23)24)16(26-14)18(20,21)22/h2-8,16H,1H3,(H,23,24)/t16-/m0/s1. The summed E-state index contributed by atoms with van der Waals surface area (Å²) >= 11 is 6.12. The van der Waals surface area contributed by atoms with Crippen molar-refractivity contribution in [3.05, 3.63) is 58.1 Å². The molecular formula is C18H12ClF3O4. The topological polar surface area (TPSA) is 55.8 Å². The number of carbonyl (C=O) groups is 1. The third kappa shape index (κ3) is 3.62. The lowest BCUT2D eigenvalue weighted by Gasteiger charge is -2.27. The largest absolute Gasteiger partial charge is 0.478 e. The molecule has 26 heavy (non-hydrogen) atoms. The molecule has 0 fully saturated rings. The molecule has 0 amide bonds. The molecule has 4 nitrogen and oxygen atoms in total. The molecular weight excluding hydrogens is 373 g/mol. The van der Waals surface area contributed by atoms with Crippen LogP contribution in [0.3, 0.4) is 0 Å². The summed E-state index contributed by atoms with van der Waals surface area (Å²) in [5.74, 6) is -1.33. The van der Waals surface area contributed by atoms with Crippen molar-refractivity contribution in [2.24, 2.45) is 0 Å². The highest BCUT2D eigenvalue weighted by atomic mass is 35.5. The number of halogens is 4. The Morgan fingerprint density at radius 2 is 1.88 bits per heavy atom. The zero-order valence-electron chi connectivity index (χ0n) is 13.3. The Bertz CT molecular complexity index is 889. The second-order valence-corrected chi connectivity index (χ2v) is 6.09. The van der Waals surface area contributed by atoms with Crippen molar-refractivity contribution in [2.45, 2.75) is 19.2 Å². The van der Waals surface area contributed by atoms with Crippen LogP contribution in [0, 0.1) is 6.92 Å². The van der Waals surface area contributed by atoms with Gasteiger partial charge in [0.05, 0.1) is 10.6 Å². The Kier molecular flexibility index (Phi) is 4.58. The van der Waals surface area contributed by atoms with E-state index in [0.717, 1.165) is 11.6 Å². The predicted octanol–water partition coefficient (Wildman–Crippen LogP) is 5.23. The van der Waals surface area contributed by atoms with Gasteiger partial charge in [0.1, 0.15) is 17.2 Å². The number of aliphatic carboxylic acids is 1. The number of benzene rings is 2. The molecule has 0 spiro atoms. The number of hydrogen-bond donors (Lipinski definition) is 1. The first kappa shape index (κ1) is 18.1. The van der Waals surface area contributed by atoms with E-state index in [-0.39, 0.29) is 22.1 Å². The Morgan fingerprint density at radius 1 is 1.23 bits per heavy atom. The fourth-order valence-electron chi connectivity index (χ4n) is 2.43. The van der Waals surface area contributed by atoms with E-state index in [9.17, 15) is 18.0 Å². The molecule has 0 aromatic heterocycles. The zero-order chi connectivity index (χ0) is 19.1. The third-order valence-electron chi connectivity index (χ3n) is 3.70. The quantitative estimate of drug-likeness (QED) is 0.787. The minimum Gasteiger partial charge on any atom is -0.478 e. The number of aryl methyl sites for hydroxylation is 1.